The summed E-state index contributed by atoms with van der Waals surface area (Å²) in [6.07, 6.45) is 0. The minimum absolute atomic E-state index is 0.198. The number of esters is 1. The Morgan fingerprint density at radius 3 is 2.24 bits per heavy atom. The molecule has 1 unspecified atom stereocenters. The van der Waals surface area contributed by atoms with Gasteiger partial charge < -0.3 is 15.4 Å². The molecule has 8 heteroatoms. The maximum atomic E-state index is 13.0. The lowest BCUT2D eigenvalue weighted by molar-refractivity contribution is -0.150. The van der Waals surface area contributed by atoms with Crippen LogP contribution in [0, 0.1) is 23.1 Å². The second kappa shape index (κ2) is 9.99. The van der Waals surface area contributed by atoms with Gasteiger partial charge in [-0.15, -0.1) is 0 Å². The number of benzene rings is 2. The van der Waals surface area contributed by atoms with Gasteiger partial charge in [0.05, 0.1) is 11.6 Å². The van der Waals surface area contributed by atoms with Crippen molar-refractivity contribution in [3.05, 3.63) is 65.5 Å². The van der Waals surface area contributed by atoms with Crippen molar-refractivity contribution in [3.8, 4) is 6.07 Å². The number of hydrogen-bond acceptors (Lipinski definition) is 5. The number of ether oxygens (including phenoxy) is 1. The summed E-state index contributed by atoms with van der Waals surface area (Å²) < 4.78 is 18.0. The van der Waals surface area contributed by atoms with E-state index in [-0.39, 0.29) is 11.5 Å². The molecule has 7 nitrogen and oxygen atoms in total. The predicted molar refractivity (Wildman–Crippen MR) is 103 cm³/mol. The predicted octanol–water partition coefficient (Wildman–Crippen LogP) is 2.63. The standard InChI is InChI=1S/C21H20FN3O4/c1-13(2)19(25-20(27)15-5-7-16(22)8-6-15)21(28)29-12-18(26)24-17-9-3-14(11-23)4-10-17/h3-10,13,19H,12H2,1-2H3,(H,24,26)(H,25,27). The molecule has 0 spiro atoms. The van der Waals surface area contributed by atoms with E-state index >= 15 is 0 Å². The fraction of sp³-hybridized carbons (Fsp3) is 0.238. The number of rotatable bonds is 7. The lowest BCUT2D eigenvalue weighted by Crippen LogP contribution is -2.45. The summed E-state index contributed by atoms with van der Waals surface area (Å²) in [5.41, 5.74) is 1.10. The van der Waals surface area contributed by atoms with Gasteiger partial charge in [-0.3, -0.25) is 9.59 Å². The number of anilines is 1. The number of nitrogens with zero attached hydrogens (tertiary/aromatic N) is 1. The molecule has 2 amide bonds. The highest BCUT2D eigenvalue weighted by atomic mass is 19.1. The van der Waals surface area contributed by atoms with Gasteiger partial charge in [-0.2, -0.15) is 5.26 Å². The van der Waals surface area contributed by atoms with Crippen molar-refractivity contribution in [2.75, 3.05) is 11.9 Å². The first-order valence-electron chi connectivity index (χ1n) is 8.83. The van der Waals surface area contributed by atoms with Crippen molar-refractivity contribution < 1.29 is 23.5 Å². The van der Waals surface area contributed by atoms with Crippen molar-refractivity contribution in [2.24, 2.45) is 5.92 Å². The quantitative estimate of drug-likeness (QED) is 0.698. The van der Waals surface area contributed by atoms with Crippen LogP contribution in [-0.4, -0.2) is 30.4 Å². The highest BCUT2D eigenvalue weighted by Crippen LogP contribution is 2.10. The lowest BCUT2D eigenvalue weighted by Gasteiger charge is -2.20. The third-order valence-electron chi connectivity index (χ3n) is 3.96. The first-order chi connectivity index (χ1) is 13.8. The lowest BCUT2D eigenvalue weighted by atomic mass is 10.0. The Bertz CT molecular complexity index is 918. The van der Waals surface area contributed by atoms with Crippen LogP contribution in [0.2, 0.25) is 0 Å². The van der Waals surface area contributed by atoms with E-state index in [0.717, 1.165) is 12.1 Å². The van der Waals surface area contributed by atoms with Gasteiger partial charge in [0.2, 0.25) is 0 Å². The van der Waals surface area contributed by atoms with E-state index in [9.17, 15) is 18.8 Å². The fourth-order valence-corrected chi connectivity index (χ4v) is 2.38. The van der Waals surface area contributed by atoms with E-state index < -0.39 is 36.2 Å². The average Bonchev–Trinajstić information content (AvgIpc) is 2.71. The minimum atomic E-state index is -0.977. The van der Waals surface area contributed by atoms with E-state index in [0.29, 0.717) is 11.3 Å². The molecule has 0 radical (unpaired) electrons. The summed E-state index contributed by atoms with van der Waals surface area (Å²) in [6, 6.07) is 12.1. The van der Waals surface area contributed by atoms with E-state index in [4.69, 9.17) is 10.00 Å². The maximum Gasteiger partial charge on any atom is 0.329 e. The van der Waals surface area contributed by atoms with Gasteiger partial charge >= 0.3 is 5.97 Å². The SMILES string of the molecule is CC(C)C(NC(=O)c1ccc(F)cc1)C(=O)OCC(=O)Nc1ccc(C#N)cc1. The van der Waals surface area contributed by atoms with Crippen molar-refractivity contribution >= 4 is 23.5 Å². The van der Waals surface area contributed by atoms with Gasteiger partial charge in [0.15, 0.2) is 6.61 Å². The number of halogens is 1. The van der Waals surface area contributed by atoms with E-state index in [1.807, 2.05) is 6.07 Å². The van der Waals surface area contributed by atoms with Crippen molar-refractivity contribution in [3.63, 3.8) is 0 Å². The van der Waals surface area contributed by atoms with Crippen molar-refractivity contribution in [1.29, 1.82) is 5.26 Å². The molecule has 0 bridgehead atoms. The van der Waals surface area contributed by atoms with Crippen LogP contribution in [0.15, 0.2) is 48.5 Å². The van der Waals surface area contributed by atoms with E-state index in [2.05, 4.69) is 10.6 Å². The molecule has 2 rings (SSSR count). The normalized spacial score (nSPS) is 11.3. The average molecular weight is 397 g/mol. The van der Waals surface area contributed by atoms with Gasteiger partial charge in [0.1, 0.15) is 11.9 Å². The number of hydrogen-bond donors (Lipinski definition) is 2. The van der Waals surface area contributed by atoms with Crippen LogP contribution in [0.4, 0.5) is 10.1 Å². The molecule has 29 heavy (non-hydrogen) atoms. The third-order valence-corrected chi connectivity index (χ3v) is 3.96. The fourth-order valence-electron chi connectivity index (χ4n) is 2.38. The van der Waals surface area contributed by atoms with Crippen LogP contribution < -0.4 is 10.6 Å². The highest BCUT2D eigenvalue weighted by molar-refractivity contribution is 5.97. The van der Waals surface area contributed by atoms with Crippen LogP contribution in [0.1, 0.15) is 29.8 Å². The Balaban J connectivity index is 1.91. The molecule has 150 valence electrons. The van der Waals surface area contributed by atoms with Crippen LogP contribution >= 0.6 is 0 Å². The molecular weight excluding hydrogens is 377 g/mol. The van der Waals surface area contributed by atoms with Gasteiger partial charge in [0, 0.05) is 11.3 Å². The number of carbonyl (C=O) groups excluding carboxylic acids is 3. The number of amides is 2. The van der Waals surface area contributed by atoms with Gasteiger partial charge in [-0.25, -0.2) is 9.18 Å². The molecule has 0 saturated carbocycles. The number of nitrogens with one attached hydrogen (secondary N) is 2. The summed E-state index contributed by atoms with van der Waals surface area (Å²) in [5, 5.41) is 13.8. The zero-order valence-electron chi connectivity index (χ0n) is 15.9. The molecule has 0 heterocycles. The molecule has 0 aliphatic rings. The second-order valence-electron chi connectivity index (χ2n) is 6.55. The largest absolute Gasteiger partial charge is 0.454 e. The van der Waals surface area contributed by atoms with E-state index in [1.165, 1.54) is 12.1 Å². The molecule has 2 N–H and O–H groups in total. The van der Waals surface area contributed by atoms with Crippen LogP contribution in [-0.2, 0) is 14.3 Å². The molecule has 0 aromatic heterocycles. The van der Waals surface area contributed by atoms with Gasteiger partial charge in [-0.05, 0) is 54.4 Å². The molecule has 0 fully saturated rings. The molecule has 2 aromatic rings. The monoisotopic (exact) mass is 397 g/mol. The summed E-state index contributed by atoms with van der Waals surface area (Å²) in [5.74, 6) is -2.65. The Morgan fingerprint density at radius 1 is 1.07 bits per heavy atom. The maximum absolute atomic E-state index is 13.0. The molecular formula is C21H20FN3O4. The second-order valence-corrected chi connectivity index (χ2v) is 6.55. The van der Waals surface area contributed by atoms with Crippen LogP contribution in [0.25, 0.3) is 0 Å². The summed E-state index contributed by atoms with van der Waals surface area (Å²) in [4.78, 5) is 36.6. The van der Waals surface area contributed by atoms with Gasteiger partial charge in [0.25, 0.3) is 11.8 Å². The Labute approximate surface area is 167 Å². The summed E-state index contributed by atoms with van der Waals surface area (Å²) >= 11 is 0. The number of carbonyl (C=O) groups is 3. The Kier molecular flexibility index (Phi) is 7.43. The highest BCUT2D eigenvalue weighted by Gasteiger charge is 2.26. The third kappa shape index (κ3) is 6.43. The Hall–Kier alpha value is -3.73. The van der Waals surface area contributed by atoms with Crippen molar-refractivity contribution in [1.82, 2.24) is 5.32 Å². The molecule has 0 aliphatic carbocycles. The minimum Gasteiger partial charge on any atom is -0.454 e. The van der Waals surface area contributed by atoms with Gasteiger partial charge in [-0.1, -0.05) is 13.8 Å². The smallest absolute Gasteiger partial charge is 0.329 e. The molecule has 2 aromatic carbocycles. The van der Waals surface area contributed by atoms with Crippen molar-refractivity contribution in [2.45, 2.75) is 19.9 Å². The van der Waals surface area contributed by atoms with Crippen LogP contribution in [0.5, 0.6) is 0 Å². The summed E-state index contributed by atoms with van der Waals surface area (Å²) in [7, 11) is 0. The number of nitriles is 1. The first kappa shape index (κ1) is 21.6. The first-order valence-corrected chi connectivity index (χ1v) is 8.83. The zero-order valence-corrected chi connectivity index (χ0v) is 15.9. The molecule has 1 atom stereocenters. The van der Waals surface area contributed by atoms with Crippen LogP contribution in [0.3, 0.4) is 0 Å². The molecule has 0 saturated heterocycles. The molecule has 0 aliphatic heterocycles. The zero-order chi connectivity index (χ0) is 21.4. The van der Waals surface area contributed by atoms with E-state index in [1.54, 1.807) is 38.1 Å². The topological polar surface area (TPSA) is 108 Å². The Morgan fingerprint density at radius 2 is 1.69 bits per heavy atom. The summed E-state index contributed by atoms with van der Waals surface area (Å²) in [6.45, 7) is 2.90.